The monoisotopic (exact) mass is 439 g/mol. The molecule has 0 bridgehead atoms. The second kappa shape index (κ2) is 8.64. The van der Waals surface area contributed by atoms with Crippen LogP contribution in [-0.2, 0) is 4.74 Å². The first kappa shape index (κ1) is 20.7. The Kier molecular flexibility index (Phi) is 5.76. The summed E-state index contributed by atoms with van der Waals surface area (Å²) in [4.78, 5) is 35.4. The summed E-state index contributed by atoms with van der Waals surface area (Å²) in [5, 5.41) is 8.15. The van der Waals surface area contributed by atoms with E-state index in [1.54, 1.807) is 12.4 Å². The fourth-order valence-corrected chi connectivity index (χ4v) is 3.81. The highest BCUT2D eigenvalue weighted by Gasteiger charge is 2.27. The Balaban J connectivity index is 1.58. The van der Waals surface area contributed by atoms with Crippen LogP contribution in [0.4, 0.5) is 11.6 Å². The molecule has 3 N–H and O–H groups in total. The number of nitrogens with two attached hydrogens (primary N) is 1. The molecule has 3 aromatic rings. The number of ether oxygens (including phenoxy) is 1. The van der Waals surface area contributed by atoms with E-state index >= 15 is 0 Å². The molecule has 0 aliphatic heterocycles. The zero-order valence-corrected chi connectivity index (χ0v) is 18.1. The number of pyridine rings is 1. The summed E-state index contributed by atoms with van der Waals surface area (Å²) >= 11 is 1.49. The van der Waals surface area contributed by atoms with Crippen LogP contribution in [0.5, 0.6) is 6.01 Å². The third kappa shape index (κ3) is 4.61. The average molecular weight is 440 g/mol. The molecule has 0 radical (unpaired) electrons. The number of nitrogens with zero attached hydrogens (tertiary/aromatic N) is 5. The first-order valence-corrected chi connectivity index (χ1v) is 10.4. The van der Waals surface area contributed by atoms with E-state index in [4.69, 9.17) is 15.3 Å². The van der Waals surface area contributed by atoms with Crippen LogP contribution in [0.3, 0.4) is 0 Å². The van der Waals surface area contributed by atoms with Crippen LogP contribution in [-0.4, -0.2) is 44.8 Å². The zero-order chi connectivity index (χ0) is 22.0. The summed E-state index contributed by atoms with van der Waals surface area (Å²) in [5.41, 5.74) is 8.42. The fraction of sp³-hybridized carbons (Fsp3) is 0.300. The molecule has 3 aromatic heterocycles. The summed E-state index contributed by atoms with van der Waals surface area (Å²) in [6.07, 6.45) is 5.46. The number of esters is 1. The molecule has 0 amide bonds. The van der Waals surface area contributed by atoms with E-state index in [0.717, 1.165) is 34.0 Å². The van der Waals surface area contributed by atoms with E-state index in [0.29, 0.717) is 5.71 Å². The Labute approximate surface area is 182 Å². The normalized spacial score (nSPS) is 13.7. The molecule has 0 aromatic carbocycles. The van der Waals surface area contributed by atoms with Gasteiger partial charge in [0.05, 0.1) is 23.4 Å². The van der Waals surface area contributed by atoms with E-state index in [1.807, 2.05) is 26.0 Å². The quantitative estimate of drug-likeness (QED) is 0.323. The number of hydrogen-bond acceptors (Lipinski definition) is 11. The molecule has 4 rings (SSSR count). The molecule has 0 spiro atoms. The van der Waals surface area contributed by atoms with Crippen molar-refractivity contribution in [2.75, 3.05) is 18.2 Å². The van der Waals surface area contributed by atoms with Gasteiger partial charge >= 0.3 is 12.0 Å². The van der Waals surface area contributed by atoms with Crippen molar-refractivity contribution in [3.05, 3.63) is 40.7 Å². The van der Waals surface area contributed by atoms with Crippen LogP contribution in [0.15, 0.2) is 29.7 Å². The molecule has 31 heavy (non-hydrogen) atoms. The molecular weight excluding hydrogens is 418 g/mol. The summed E-state index contributed by atoms with van der Waals surface area (Å²) < 4.78 is 4.79. The van der Waals surface area contributed by atoms with Gasteiger partial charge in [-0.3, -0.25) is 4.98 Å². The first-order chi connectivity index (χ1) is 15.0. The van der Waals surface area contributed by atoms with Gasteiger partial charge in [-0.2, -0.15) is 9.97 Å². The highest BCUT2D eigenvalue weighted by atomic mass is 32.1. The molecule has 1 aliphatic carbocycles. The van der Waals surface area contributed by atoms with Crippen molar-refractivity contribution < 1.29 is 14.4 Å². The van der Waals surface area contributed by atoms with E-state index in [9.17, 15) is 4.79 Å². The van der Waals surface area contributed by atoms with E-state index in [1.165, 1.54) is 18.4 Å². The van der Waals surface area contributed by atoms with Crippen LogP contribution >= 0.6 is 11.3 Å². The molecule has 1 saturated carbocycles. The molecule has 160 valence electrons. The minimum Gasteiger partial charge on any atom is -0.465 e. The molecule has 0 saturated heterocycles. The van der Waals surface area contributed by atoms with Gasteiger partial charge in [0.25, 0.3) is 0 Å². The number of anilines is 2. The minimum absolute atomic E-state index is 0.0410. The second-order valence-corrected chi connectivity index (χ2v) is 7.97. The van der Waals surface area contributed by atoms with Crippen LogP contribution in [0, 0.1) is 6.92 Å². The predicted molar refractivity (Wildman–Crippen MR) is 117 cm³/mol. The molecule has 1 aliphatic rings. The van der Waals surface area contributed by atoms with Gasteiger partial charge in [-0.15, -0.1) is 11.3 Å². The summed E-state index contributed by atoms with van der Waals surface area (Å²) in [5.74, 6) is -0.381. The van der Waals surface area contributed by atoms with E-state index in [2.05, 4.69) is 30.4 Å². The number of nitrogen functional groups attached to an aromatic ring is 1. The van der Waals surface area contributed by atoms with Gasteiger partial charge < -0.3 is 20.6 Å². The van der Waals surface area contributed by atoms with Crippen LogP contribution in [0.2, 0.25) is 0 Å². The number of nitrogens with one attached hydrogen (secondary N) is 1. The fourth-order valence-electron chi connectivity index (χ4n) is 2.82. The number of thiazole rings is 1. The lowest BCUT2D eigenvalue weighted by molar-refractivity contribution is 0.0602. The van der Waals surface area contributed by atoms with Gasteiger partial charge in [-0.05, 0) is 38.8 Å². The summed E-state index contributed by atoms with van der Waals surface area (Å²) in [6, 6.07) is 3.98. The predicted octanol–water partition coefficient (Wildman–Crippen LogP) is 3.05. The number of hydrogen-bond donors (Lipinski definition) is 2. The average Bonchev–Trinajstić information content (AvgIpc) is 3.50. The molecular formula is C20H21N7O3S. The highest BCUT2D eigenvalue weighted by Crippen LogP contribution is 2.30. The number of carbonyl (C=O) groups is 1. The van der Waals surface area contributed by atoms with Crippen LogP contribution in [0.25, 0.3) is 10.6 Å². The Morgan fingerprint density at radius 3 is 2.81 bits per heavy atom. The Morgan fingerprint density at radius 2 is 2.13 bits per heavy atom. The highest BCUT2D eigenvalue weighted by molar-refractivity contribution is 7.17. The SMILES string of the molecule is COC(=O)c1c(N)nc(O/N=C(\C)c2sc(-c3cccnc3)nc2C)nc1NC1CC1. The molecule has 3 heterocycles. The number of carbonyl (C=O) groups excluding carboxylic acids is 1. The van der Waals surface area contributed by atoms with Crippen molar-refractivity contribution in [1.82, 2.24) is 19.9 Å². The lowest BCUT2D eigenvalue weighted by Crippen LogP contribution is -2.16. The number of aromatic nitrogens is 4. The smallest absolute Gasteiger partial charge is 0.349 e. The van der Waals surface area contributed by atoms with Gasteiger partial charge in [0.15, 0.2) is 5.82 Å². The van der Waals surface area contributed by atoms with E-state index in [-0.39, 0.29) is 29.3 Å². The largest absolute Gasteiger partial charge is 0.465 e. The molecule has 10 nitrogen and oxygen atoms in total. The van der Waals surface area contributed by atoms with E-state index < -0.39 is 5.97 Å². The lowest BCUT2D eigenvalue weighted by atomic mass is 10.2. The van der Waals surface area contributed by atoms with Crippen molar-refractivity contribution >= 4 is 34.7 Å². The number of rotatable bonds is 7. The maximum absolute atomic E-state index is 12.1. The van der Waals surface area contributed by atoms with Crippen molar-refractivity contribution in [1.29, 1.82) is 0 Å². The third-order valence-electron chi connectivity index (χ3n) is 4.52. The van der Waals surface area contributed by atoms with Gasteiger partial charge in [0.1, 0.15) is 16.4 Å². The Hall–Kier alpha value is -3.60. The molecule has 0 atom stereocenters. The van der Waals surface area contributed by atoms with Gasteiger partial charge in [0.2, 0.25) is 0 Å². The van der Waals surface area contributed by atoms with Crippen molar-refractivity contribution in [3.8, 4) is 16.6 Å². The first-order valence-electron chi connectivity index (χ1n) is 9.58. The minimum atomic E-state index is -0.616. The summed E-state index contributed by atoms with van der Waals surface area (Å²) in [7, 11) is 1.28. The second-order valence-electron chi connectivity index (χ2n) is 6.97. The standard InChI is InChI=1S/C20H21N7O3S/c1-10-15(31-18(23-10)12-5-4-8-22-9-12)11(2)27-30-20-25-16(21)14(19(28)29-3)17(26-20)24-13-6-7-13/h4-5,8-9,13H,6-7H2,1-3H3,(H3,21,24,25,26)/b27-11+. The molecule has 11 heteroatoms. The maximum Gasteiger partial charge on any atom is 0.349 e. The maximum atomic E-state index is 12.1. The van der Waals surface area contributed by atoms with Crippen LogP contribution < -0.4 is 15.9 Å². The molecule has 0 unspecified atom stereocenters. The van der Waals surface area contributed by atoms with Crippen molar-refractivity contribution in [2.24, 2.45) is 5.16 Å². The number of aryl methyl sites for hydroxylation is 1. The lowest BCUT2D eigenvalue weighted by Gasteiger charge is -2.11. The van der Waals surface area contributed by atoms with Crippen molar-refractivity contribution in [2.45, 2.75) is 32.7 Å². The molecule has 1 fully saturated rings. The summed E-state index contributed by atoms with van der Waals surface area (Å²) in [6.45, 7) is 3.71. The number of methoxy groups -OCH3 is 1. The zero-order valence-electron chi connectivity index (χ0n) is 17.2. The third-order valence-corrected chi connectivity index (χ3v) is 5.84. The van der Waals surface area contributed by atoms with Gasteiger partial charge in [-0.25, -0.2) is 9.78 Å². The Morgan fingerprint density at radius 1 is 1.32 bits per heavy atom. The van der Waals surface area contributed by atoms with Crippen molar-refractivity contribution in [3.63, 3.8) is 0 Å². The van der Waals surface area contributed by atoms with Gasteiger partial charge in [0, 0.05) is 24.0 Å². The van der Waals surface area contributed by atoms with Crippen LogP contribution in [0.1, 0.15) is 40.7 Å². The van der Waals surface area contributed by atoms with Gasteiger partial charge in [-0.1, -0.05) is 5.16 Å². The Bertz CT molecular complexity index is 1140. The number of oxime groups is 1. The topological polar surface area (TPSA) is 138 Å².